The molecule has 1 aromatic heterocycles. The van der Waals surface area contributed by atoms with E-state index in [0.29, 0.717) is 31.9 Å². The van der Waals surface area contributed by atoms with Crippen molar-refractivity contribution in [1.82, 2.24) is 14.8 Å². The summed E-state index contributed by atoms with van der Waals surface area (Å²) in [6, 6.07) is 16.1. The number of nitrogens with one attached hydrogen (secondary N) is 1. The lowest BCUT2D eigenvalue weighted by molar-refractivity contribution is -0.192. The third kappa shape index (κ3) is 9.39. The molecule has 2 N–H and O–H groups in total. The van der Waals surface area contributed by atoms with Crippen LogP contribution in [-0.2, 0) is 22.5 Å². The zero-order chi connectivity index (χ0) is 29.8. The van der Waals surface area contributed by atoms with Gasteiger partial charge in [0, 0.05) is 43.6 Å². The molecule has 224 valence electrons. The number of fused-ring (bicyclic) bond motifs is 1. The number of carbonyl (C=O) groups is 2. The number of aromatic nitrogens is 1. The van der Waals surface area contributed by atoms with Crippen molar-refractivity contribution in [1.29, 1.82) is 0 Å². The first-order valence-corrected chi connectivity index (χ1v) is 13.5. The smallest absolute Gasteiger partial charge is 0.490 e. The van der Waals surface area contributed by atoms with E-state index in [1.807, 2.05) is 50.2 Å². The molecule has 12 heteroatoms. The molecule has 2 heterocycles. The molecule has 0 saturated carbocycles. The molecule has 4 rings (SSSR count). The van der Waals surface area contributed by atoms with Crippen LogP contribution in [0.15, 0.2) is 48.5 Å². The van der Waals surface area contributed by atoms with E-state index in [1.165, 1.54) is 0 Å². The lowest BCUT2D eigenvalue weighted by Gasteiger charge is -2.27. The Morgan fingerprint density at radius 1 is 0.976 bits per heavy atom. The predicted octanol–water partition coefficient (Wildman–Crippen LogP) is 4.38. The van der Waals surface area contributed by atoms with Gasteiger partial charge >= 0.3 is 12.1 Å². The number of carboxylic acids is 1. The number of benzene rings is 2. The number of morpholine rings is 1. The maximum Gasteiger partial charge on any atom is 0.490 e. The molecule has 3 aromatic rings. The van der Waals surface area contributed by atoms with Crippen molar-refractivity contribution in [2.24, 2.45) is 0 Å². The van der Waals surface area contributed by atoms with E-state index < -0.39 is 12.1 Å². The molecule has 1 amide bonds. The molecule has 2 aromatic carbocycles. The van der Waals surface area contributed by atoms with Crippen molar-refractivity contribution in [2.45, 2.75) is 33.0 Å². The van der Waals surface area contributed by atoms with Gasteiger partial charge in [0.05, 0.1) is 26.4 Å². The normalized spacial score (nSPS) is 13.8. The zero-order valence-corrected chi connectivity index (χ0v) is 23.2. The molecule has 0 aliphatic carbocycles. The Morgan fingerprint density at radius 2 is 1.63 bits per heavy atom. The van der Waals surface area contributed by atoms with Crippen LogP contribution in [0, 0.1) is 0 Å². The van der Waals surface area contributed by atoms with Crippen LogP contribution in [0.4, 0.5) is 13.2 Å². The van der Waals surface area contributed by atoms with Crippen molar-refractivity contribution in [3.05, 3.63) is 59.8 Å². The van der Waals surface area contributed by atoms with Gasteiger partial charge in [-0.1, -0.05) is 24.3 Å². The topological polar surface area (TPSA) is 102 Å². The van der Waals surface area contributed by atoms with Gasteiger partial charge in [0.15, 0.2) is 11.5 Å². The lowest BCUT2D eigenvalue weighted by Crippen LogP contribution is -2.38. The van der Waals surface area contributed by atoms with Crippen molar-refractivity contribution in [3.63, 3.8) is 0 Å². The fraction of sp³-hybridized carbons (Fsp3) is 0.448. The second-order valence-corrected chi connectivity index (χ2v) is 9.15. The molecular weight excluding hydrogens is 543 g/mol. The quantitative estimate of drug-likeness (QED) is 0.348. The second kappa shape index (κ2) is 15.3. The van der Waals surface area contributed by atoms with Gasteiger partial charge in [-0.2, -0.15) is 13.2 Å². The largest absolute Gasteiger partial charge is 0.490 e. The van der Waals surface area contributed by atoms with E-state index in [1.54, 1.807) is 0 Å². The van der Waals surface area contributed by atoms with Crippen LogP contribution in [0.2, 0.25) is 0 Å². The predicted molar refractivity (Wildman–Crippen MR) is 148 cm³/mol. The van der Waals surface area contributed by atoms with E-state index in [9.17, 15) is 18.0 Å². The summed E-state index contributed by atoms with van der Waals surface area (Å²) in [7, 11) is 0. The van der Waals surface area contributed by atoms with Crippen molar-refractivity contribution in [2.75, 3.05) is 52.6 Å². The first-order chi connectivity index (χ1) is 19.6. The number of rotatable bonds is 11. The highest BCUT2D eigenvalue weighted by molar-refractivity contribution is 5.98. The standard InChI is InChI=1S/C27H35N3O4.C2HF3O2/c1-3-33-25-10-9-21(19-26(25)34-4-2)11-12-28-27(31)24-20-22-7-5-6-8-23(22)30(24)14-13-29-15-17-32-18-16-29;3-2(4,5)1(6)7/h5-10,19-20H,3-4,11-18H2,1-2H3,(H,28,31);(H,6,7). The molecule has 41 heavy (non-hydrogen) atoms. The number of halogens is 3. The molecule has 0 atom stereocenters. The highest BCUT2D eigenvalue weighted by Gasteiger charge is 2.38. The van der Waals surface area contributed by atoms with E-state index in [4.69, 9.17) is 24.1 Å². The molecule has 0 spiro atoms. The lowest BCUT2D eigenvalue weighted by atomic mass is 10.1. The number of carbonyl (C=O) groups excluding carboxylic acids is 1. The Hall–Kier alpha value is -3.77. The summed E-state index contributed by atoms with van der Waals surface area (Å²) in [4.78, 5) is 24.5. The number of hydrogen-bond acceptors (Lipinski definition) is 6. The number of ether oxygens (including phenoxy) is 3. The van der Waals surface area contributed by atoms with Crippen LogP contribution in [0.25, 0.3) is 10.9 Å². The zero-order valence-electron chi connectivity index (χ0n) is 23.2. The average molecular weight is 580 g/mol. The van der Waals surface area contributed by atoms with Crippen LogP contribution in [0.5, 0.6) is 11.5 Å². The molecule has 1 fully saturated rings. The summed E-state index contributed by atoms with van der Waals surface area (Å²) in [5, 5.41) is 11.3. The van der Waals surface area contributed by atoms with Crippen LogP contribution < -0.4 is 14.8 Å². The molecule has 0 unspecified atom stereocenters. The van der Waals surface area contributed by atoms with Gasteiger partial charge in [-0.25, -0.2) is 4.79 Å². The Labute approximate surface area is 236 Å². The number of hydrogen-bond donors (Lipinski definition) is 2. The molecule has 0 bridgehead atoms. The SMILES string of the molecule is CCOc1ccc(CCNC(=O)c2cc3ccccc3n2CCN2CCOCC2)cc1OCC.O=C(O)C(F)(F)F. The third-order valence-corrected chi connectivity index (χ3v) is 6.34. The maximum atomic E-state index is 13.2. The summed E-state index contributed by atoms with van der Waals surface area (Å²) in [5.41, 5.74) is 2.89. The molecule has 1 aliphatic rings. The number of carboxylic acid groups (broad SMARTS) is 1. The number of alkyl halides is 3. The van der Waals surface area contributed by atoms with Gasteiger partial charge in [0.25, 0.3) is 5.91 Å². The van der Waals surface area contributed by atoms with Crippen LogP contribution in [-0.4, -0.2) is 85.2 Å². The second-order valence-electron chi connectivity index (χ2n) is 9.15. The van der Waals surface area contributed by atoms with E-state index in [0.717, 1.165) is 67.4 Å². The van der Waals surface area contributed by atoms with E-state index in [-0.39, 0.29) is 5.91 Å². The fourth-order valence-corrected chi connectivity index (χ4v) is 4.37. The minimum atomic E-state index is -5.08. The highest BCUT2D eigenvalue weighted by atomic mass is 19.4. The van der Waals surface area contributed by atoms with Crippen molar-refractivity contribution in [3.8, 4) is 11.5 Å². The van der Waals surface area contributed by atoms with Gasteiger partial charge in [0.1, 0.15) is 5.69 Å². The fourth-order valence-electron chi connectivity index (χ4n) is 4.37. The number of amides is 1. The molecule has 9 nitrogen and oxygen atoms in total. The monoisotopic (exact) mass is 579 g/mol. The average Bonchev–Trinajstić information content (AvgIpc) is 3.32. The van der Waals surface area contributed by atoms with Gasteiger partial charge in [-0.05, 0) is 50.1 Å². The van der Waals surface area contributed by atoms with E-state index >= 15 is 0 Å². The number of nitrogens with zero attached hydrogens (tertiary/aromatic N) is 2. The summed E-state index contributed by atoms with van der Waals surface area (Å²) in [6.07, 6.45) is -4.37. The number of para-hydroxylation sites is 1. The summed E-state index contributed by atoms with van der Waals surface area (Å²) < 4.78 is 50.7. The Morgan fingerprint density at radius 3 is 2.29 bits per heavy atom. The van der Waals surface area contributed by atoms with Crippen LogP contribution >= 0.6 is 0 Å². The Bertz CT molecular complexity index is 1290. The van der Waals surface area contributed by atoms with Gasteiger partial charge in [-0.15, -0.1) is 0 Å². The summed E-state index contributed by atoms with van der Waals surface area (Å²) >= 11 is 0. The van der Waals surface area contributed by atoms with Gasteiger partial charge in [0.2, 0.25) is 0 Å². The van der Waals surface area contributed by atoms with Crippen LogP contribution in [0.3, 0.4) is 0 Å². The maximum absolute atomic E-state index is 13.2. The molecule has 1 saturated heterocycles. The molecule has 1 aliphatic heterocycles. The number of aliphatic carboxylic acids is 1. The summed E-state index contributed by atoms with van der Waals surface area (Å²) in [5.74, 6) is -1.31. The Kier molecular flexibility index (Phi) is 11.8. The minimum absolute atomic E-state index is 0.0471. The Balaban J connectivity index is 0.000000587. The van der Waals surface area contributed by atoms with Gasteiger partial charge in [-0.3, -0.25) is 9.69 Å². The highest BCUT2D eigenvalue weighted by Crippen LogP contribution is 2.28. The van der Waals surface area contributed by atoms with Gasteiger partial charge < -0.3 is 29.2 Å². The van der Waals surface area contributed by atoms with Crippen LogP contribution in [0.1, 0.15) is 29.9 Å². The first kappa shape index (κ1) is 31.8. The third-order valence-electron chi connectivity index (χ3n) is 6.34. The first-order valence-electron chi connectivity index (χ1n) is 13.5. The van der Waals surface area contributed by atoms with Crippen molar-refractivity contribution >= 4 is 22.8 Å². The summed E-state index contributed by atoms with van der Waals surface area (Å²) in [6.45, 7) is 10.7. The molecule has 0 radical (unpaired) electrons. The minimum Gasteiger partial charge on any atom is -0.490 e. The molecular formula is C29H36F3N3O6. The van der Waals surface area contributed by atoms with Crippen molar-refractivity contribution < 1.29 is 42.1 Å². The van der Waals surface area contributed by atoms with E-state index in [2.05, 4.69) is 26.9 Å².